The minimum absolute atomic E-state index is 0.0455. The quantitative estimate of drug-likeness (QED) is 0.888. The van der Waals surface area contributed by atoms with Crippen LogP contribution in [0.5, 0.6) is 0 Å². The molecule has 0 aliphatic rings. The van der Waals surface area contributed by atoms with Crippen LogP contribution in [-0.2, 0) is 6.42 Å². The number of aromatic amines is 1. The van der Waals surface area contributed by atoms with Gasteiger partial charge in [0.05, 0.1) is 6.61 Å². The Balaban J connectivity index is 2.36. The van der Waals surface area contributed by atoms with E-state index in [9.17, 15) is 0 Å². The molecule has 0 aliphatic heterocycles. The Morgan fingerprint density at radius 2 is 1.88 bits per heavy atom. The van der Waals surface area contributed by atoms with Crippen molar-refractivity contribution >= 4 is 23.2 Å². The molecule has 2 N–H and O–H groups in total. The molecule has 0 fully saturated rings. The van der Waals surface area contributed by atoms with E-state index in [0.29, 0.717) is 28.1 Å². The Labute approximate surface area is 103 Å². The van der Waals surface area contributed by atoms with E-state index in [1.807, 2.05) is 12.1 Å². The van der Waals surface area contributed by atoms with Crippen LogP contribution in [0.1, 0.15) is 5.82 Å². The summed E-state index contributed by atoms with van der Waals surface area (Å²) in [5, 5.41) is 9.96. The molecule has 16 heavy (non-hydrogen) atoms. The standard InChI is InChI=1S/C11H10Cl2N2O/c12-8-3-1-7(2-4-8)10-11(13)15-9(14-10)5-6-16/h1-4,16H,5-6H2,(H,14,15). The molecule has 0 saturated carbocycles. The van der Waals surface area contributed by atoms with Gasteiger partial charge >= 0.3 is 0 Å². The van der Waals surface area contributed by atoms with Crippen LogP contribution < -0.4 is 0 Å². The maximum Gasteiger partial charge on any atom is 0.134 e. The number of benzene rings is 1. The minimum atomic E-state index is 0.0455. The lowest BCUT2D eigenvalue weighted by Gasteiger charge is -1.97. The lowest BCUT2D eigenvalue weighted by Crippen LogP contribution is -1.92. The minimum Gasteiger partial charge on any atom is -0.396 e. The molecule has 1 aromatic carbocycles. The van der Waals surface area contributed by atoms with E-state index < -0.39 is 0 Å². The lowest BCUT2D eigenvalue weighted by molar-refractivity contribution is 0.297. The predicted octanol–water partition coefficient (Wildman–Crippen LogP) is 2.92. The van der Waals surface area contributed by atoms with Gasteiger partial charge in [0, 0.05) is 17.0 Å². The fourth-order valence-electron chi connectivity index (χ4n) is 1.42. The van der Waals surface area contributed by atoms with Gasteiger partial charge in [0.25, 0.3) is 0 Å². The van der Waals surface area contributed by atoms with Crippen molar-refractivity contribution in [2.45, 2.75) is 6.42 Å². The van der Waals surface area contributed by atoms with Crippen LogP contribution in [0.2, 0.25) is 10.2 Å². The highest BCUT2D eigenvalue weighted by Gasteiger charge is 2.09. The van der Waals surface area contributed by atoms with Crippen LogP contribution in [0, 0.1) is 0 Å². The van der Waals surface area contributed by atoms with Crippen molar-refractivity contribution in [3.63, 3.8) is 0 Å². The highest BCUT2D eigenvalue weighted by molar-refractivity contribution is 6.32. The molecule has 84 valence electrons. The number of aromatic nitrogens is 2. The molecular weight excluding hydrogens is 247 g/mol. The van der Waals surface area contributed by atoms with E-state index in [2.05, 4.69) is 9.97 Å². The third-order valence-corrected chi connectivity index (χ3v) is 2.70. The number of rotatable bonds is 3. The first-order chi connectivity index (χ1) is 7.70. The van der Waals surface area contributed by atoms with Crippen LogP contribution in [0.15, 0.2) is 24.3 Å². The number of halogens is 2. The molecule has 0 atom stereocenters. The van der Waals surface area contributed by atoms with Gasteiger partial charge in [0.1, 0.15) is 16.7 Å². The summed E-state index contributed by atoms with van der Waals surface area (Å²) >= 11 is 11.8. The zero-order valence-electron chi connectivity index (χ0n) is 8.37. The third kappa shape index (κ3) is 2.38. The van der Waals surface area contributed by atoms with Gasteiger partial charge in [-0.3, -0.25) is 0 Å². The number of imidazole rings is 1. The number of aliphatic hydroxyl groups is 1. The normalized spacial score (nSPS) is 10.7. The van der Waals surface area contributed by atoms with E-state index in [1.165, 1.54) is 0 Å². The maximum atomic E-state index is 8.81. The first kappa shape index (κ1) is 11.5. The molecule has 1 heterocycles. The van der Waals surface area contributed by atoms with Crippen molar-refractivity contribution in [2.75, 3.05) is 6.61 Å². The average molecular weight is 257 g/mol. The van der Waals surface area contributed by atoms with Crippen LogP contribution >= 0.6 is 23.2 Å². The molecule has 0 bridgehead atoms. The third-order valence-electron chi connectivity index (χ3n) is 2.17. The van der Waals surface area contributed by atoms with Crippen LogP contribution in [-0.4, -0.2) is 21.7 Å². The Morgan fingerprint density at radius 3 is 2.50 bits per heavy atom. The Kier molecular flexibility index (Phi) is 3.49. The molecule has 0 radical (unpaired) electrons. The molecular formula is C11H10Cl2N2O. The second-order valence-corrected chi connectivity index (χ2v) is 4.14. The van der Waals surface area contributed by atoms with Gasteiger partial charge in [-0.2, -0.15) is 0 Å². The van der Waals surface area contributed by atoms with E-state index in [0.717, 1.165) is 5.56 Å². The molecule has 2 rings (SSSR count). The second-order valence-electron chi connectivity index (χ2n) is 3.33. The zero-order valence-corrected chi connectivity index (χ0v) is 9.89. The second kappa shape index (κ2) is 4.87. The average Bonchev–Trinajstić information content (AvgIpc) is 2.61. The highest BCUT2D eigenvalue weighted by Crippen LogP contribution is 2.26. The van der Waals surface area contributed by atoms with Crippen LogP contribution in [0.4, 0.5) is 0 Å². The van der Waals surface area contributed by atoms with E-state index in [4.69, 9.17) is 28.3 Å². The summed E-state index contributed by atoms with van der Waals surface area (Å²) < 4.78 is 0. The summed E-state index contributed by atoms with van der Waals surface area (Å²) in [6.07, 6.45) is 0.466. The van der Waals surface area contributed by atoms with E-state index >= 15 is 0 Å². The van der Waals surface area contributed by atoms with Crippen molar-refractivity contribution in [1.82, 2.24) is 9.97 Å². The molecule has 3 nitrogen and oxygen atoms in total. The highest BCUT2D eigenvalue weighted by atomic mass is 35.5. The van der Waals surface area contributed by atoms with Gasteiger partial charge in [-0.25, -0.2) is 4.98 Å². The van der Waals surface area contributed by atoms with Crippen LogP contribution in [0.25, 0.3) is 11.3 Å². The Bertz CT molecular complexity index is 479. The predicted molar refractivity (Wildman–Crippen MR) is 64.8 cm³/mol. The number of nitrogens with one attached hydrogen (secondary N) is 1. The van der Waals surface area contributed by atoms with Crippen molar-refractivity contribution in [1.29, 1.82) is 0 Å². The van der Waals surface area contributed by atoms with Gasteiger partial charge < -0.3 is 10.1 Å². The smallest absolute Gasteiger partial charge is 0.134 e. The molecule has 0 aliphatic carbocycles. The van der Waals surface area contributed by atoms with Crippen molar-refractivity contribution in [2.24, 2.45) is 0 Å². The Hall–Kier alpha value is -1.03. The number of H-pyrrole nitrogens is 1. The number of hydrogen-bond acceptors (Lipinski definition) is 2. The summed E-state index contributed by atoms with van der Waals surface area (Å²) in [5.41, 5.74) is 1.58. The molecule has 0 unspecified atom stereocenters. The fourth-order valence-corrected chi connectivity index (χ4v) is 1.81. The van der Waals surface area contributed by atoms with Crippen molar-refractivity contribution in [3.8, 4) is 11.3 Å². The molecule has 2 aromatic rings. The lowest BCUT2D eigenvalue weighted by atomic mass is 10.2. The van der Waals surface area contributed by atoms with Crippen molar-refractivity contribution in [3.05, 3.63) is 40.3 Å². The molecule has 5 heteroatoms. The monoisotopic (exact) mass is 256 g/mol. The van der Waals surface area contributed by atoms with Gasteiger partial charge in [-0.05, 0) is 12.1 Å². The first-order valence-electron chi connectivity index (χ1n) is 4.82. The number of nitrogens with zero attached hydrogens (tertiary/aromatic N) is 1. The van der Waals surface area contributed by atoms with Gasteiger partial charge in [0.2, 0.25) is 0 Å². The van der Waals surface area contributed by atoms with Gasteiger partial charge in [0.15, 0.2) is 0 Å². The topological polar surface area (TPSA) is 48.9 Å². The summed E-state index contributed by atoms with van der Waals surface area (Å²) in [7, 11) is 0. The number of hydrogen-bond donors (Lipinski definition) is 2. The summed E-state index contributed by atoms with van der Waals surface area (Å²) in [6.45, 7) is 0.0455. The van der Waals surface area contributed by atoms with E-state index in [1.54, 1.807) is 12.1 Å². The summed E-state index contributed by atoms with van der Waals surface area (Å²) in [4.78, 5) is 7.23. The zero-order chi connectivity index (χ0) is 11.5. The summed E-state index contributed by atoms with van der Waals surface area (Å²) in [6, 6.07) is 7.28. The Morgan fingerprint density at radius 1 is 1.19 bits per heavy atom. The van der Waals surface area contributed by atoms with E-state index in [-0.39, 0.29) is 6.61 Å². The number of aliphatic hydroxyl groups excluding tert-OH is 1. The molecule has 0 amide bonds. The SMILES string of the molecule is OCCc1nc(-c2ccc(Cl)cc2)c(Cl)[nH]1. The maximum absolute atomic E-state index is 8.81. The summed E-state index contributed by atoms with van der Waals surface area (Å²) in [5.74, 6) is 0.678. The molecule has 0 spiro atoms. The first-order valence-corrected chi connectivity index (χ1v) is 5.57. The van der Waals surface area contributed by atoms with Gasteiger partial charge in [-0.1, -0.05) is 35.3 Å². The largest absolute Gasteiger partial charge is 0.396 e. The van der Waals surface area contributed by atoms with Crippen molar-refractivity contribution < 1.29 is 5.11 Å². The molecule has 1 aromatic heterocycles. The molecule has 0 saturated heterocycles. The van der Waals surface area contributed by atoms with Crippen LogP contribution in [0.3, 0.4) is 0 Å². The fraction of sp³-hybridized carbons (Fsp3) is 0.182. The van der Waals surface area contributed by atoms with Gasteiger partial charge in [-0.15, -0.1) is 0 Å².